The highest BCUT2D eigenvalue weighted by atomic mass is 32.1. The molecule has 0 radical (unpaired) electrons. The summed E-state index contributed by atoms with van der Waals surface area (Å²) < 4.78 is 0. The summed E-state index contributed by atoms with van der Waals surface area (Å²) in [4.78, 5) is 18.6. The second-order valence-corrected chi connectivity index (χ2v) is 6.63. The Morgan fingerprint density at radius 3 is 2.95 bits per heavy atom. The van der Waals surface area contributed by atoms with Gasteiger partial charge in [-0.3, -0.25) is 4.79 Å². The number of aryl methyl sites for hydroxylation is 1. The first-order chi connectivity index (χ1) is 9.56. The molecule has 2 heterocycles. The number of hydrogen-bond acceptors (Lipinski definition) is 5. The van der Waals surface area contributed by atoms with E-state index >= 15 is 0 Å². The smallest absolute Gasteiger partial charge is 0.303 e. The predicted molar refractivity (Wildman–Crippen MR) is 84.0 cm³/mol. The van der Waals surface area contributed by atoms with Crippen LogP contribution in [0.15, 0.2) is 22.9 Å². The summed E-state index contributed by atoms with van der Waals surface area (Å²) in [5, 5.41) is 13.7. The molecule has 108 valence electrons. The predicted octanol–water partition coefficient (Wildman–Crippen LogP) is 3.29. The number of aliphatic carboxylic acids is 1. The van der Waals surface area contributed by atoms with E-state index in [0.29, 0.717) is 12.5 Å². The van der Waals surface area contributed by atoms with Gasteiger partial charge < -0.3 is 10.0 Å². The minimum Gasteiger partial charge on any atom is -0.481 e. The molecule has 0 saturated heterocycles. The zero-order chi connectivity index (χ0) is 14.5. The van der Waals surface area contributed by atoms with Gasteiger partial charge in [0.2, 0.25) is 0 Å². The minimum absolute atomic E-state index is 0.137. The van der Waals surface area contributed by atoms with E-state index in [2.05, 4.69) is 34.3 Å². The molecule has 0 spiro atoms. The van der Waals surface area contributed by atoms with Crippen LogP contribution in [0, 0.1) is 0 Å². The van der Waals surface area contributed by atoms with Gasteiger partial charge in [0.25, 0.3) is 0 Å². The van der Waals surface area contributed by atoms with Crippen LogP contribution in [-0.2, 0) is 17.6 Å². The Bertz CT molecular complexity index is 551. The number of thiophene rings is 1. The highest BCUT2D eigenvalue weighted by molar-refractivity contribution is 7.13. The molecule has 0 fully saturated rings. The number of thiazole rings is 1. The maximum atomic E-state index is 10.6. The Labute approximate surface area is 126 Å². The Morgan fingerprint density at radius 1 is 1.50 bits per heavy atom. The van der Waals surface area contributed by atoms with Crippen molar-refractivity contribution in [1.82, 2.24) is 4.98 Å². The average molecular weight is 310 g/mol. The van der Waals surface area contributed by atoms with Crippen molar-refractivity contribution in [3.8, 4) is 0 Å². The molecule has 0 bridgehead atoms. The molecule has 0 aliphatic rings. The van der Waals surface area contributed by atoms with Crippen LogP contribution in [0.3, 0.4) is 0 Å². The van der Waals surface area contributed by atoms with Crippen molar-refractivity contribution >= 4 is 33.8 Å². The lowest BCUT2D eigenvalue weighted by Crippen LogP contribution is -2.30. The van der Waals surface area contributed by atoms with Gasteiger partial charge in [-0.2, -0.15) is 0 Å². The first-order valence-electron chi connectivity index (χ1n) is 6.47. The zero-order valence-corrected chi connectivity index (χ0v) is 13.2. The molecule has 1 unspecified atom stereocenters. The lowest BCUT2D eigenvalue weighted by atomic mass is 10.2. The van der Waals surface area contributed by atoms with Gasteiger partial charge in [0.15, 0.2) is 5.13 Å². The number of nitrogens with zero attached hydrogens (tertiary/aromatic N) is 2. The largest absolute Gasteiger partial charge is 0.481 e. The average Bonchev–Trinajstić information content (AvgIpc) is 3.06. The number of carbonyl (C=O) groups is 1. The highest BCUT2D eigenvalue weighted by Crippen LogP contribution is 2.24. The number of likely N-dealkylation sites (N-methyl/N-ethyl adjacent to an activating group) is 1. The monoisotopic (exact) mass is 310 g/mol. The molecule has 6 heteroatoms. The van der Waals surface area contributed by atoms with Crippen molar-refractivity contribution in [2.75, 3.05) is 11.9 Å². The lowest BCUT2D eigenvalue weighted by molar-refractivity contribution is -0.136. The molecule has 4 nitrogen and oxygen atoms in total. The molecule has 0 aromatic carbocycles. The van der Waals surface area contributed by atoms with Gasteiger partial charge in [0.1, 0.15) is 0 Å². The van der Waals surface area contributed by atoms with E-state index < -0.39 is 5.97 Å². The normalized spacial score (nSPS) is 12.3. The zero-order valence-electron chi connectivity index (χ0n) is 11.6. The van der Waals surface area contributed by atoms with E-state index in [9.17, 15) is 4.79 Å². The van der Waals surface area contributed by atoms with E-state index in [1.165, 1.54) is 4.88 Å². The minimum atomic E-state index is -0.779. The number of aromatic nitrogens is 1. The van der Waals surface area contributed by atoms with Gasteiger partial charge in [0.05, 0.1) is 12.1 Å². The summed E-state index contributed by atoms with van der Waals surface area (Å²) in [7, 11) is 2.04. The third-order valence-electron chi connectivity index (χ3n) is 3.17. The number of rotatable bonds is 7. The Balaban J connectivity index is 1.94. The molecular weight excluding hydrogens is 292 g/mol. The highest BCUT2D eigenvalue weighted by Gasteiger charge is 2.15. The third kappa shape index (κ3) is 4.05. The van der Waals surface area contributed by atoms with Crippen molar-refractivity contribution in [3.63, 3.8) is 0 Å². The van der Waals surface area contributed by atoms with Crippen LogP contribution in [0.5, 0.6) is 0 Å². The fourth-order valence-electron chi connectivity index (χ4n) is 1.85. The van der Waals surface area contributed by atoms with E-state index in [1.54, 1.807) is 22.7 Å². The van der Waals surface area contributed by atoms with Gasteiger partial charge >= 0.3 is 5.97 Å². The van der Waals surface area contributed by atoms with E-state index in [0.717, 1.165) is 17.2 Å². The van der Waals surface area contributed by atoms with Gasteiger partial charge in [0, 0.05) is 36.2 Å². The van der Waals surface area contributed by atoms with Crippen LogP contribution in [0.2, 0.25) is 0 Å². The Hall–Kier alpha value is -1.40. The summed E-state index contributed by atoms with van der Waals surface area (Å²) >= 11 is 3.35. The molecule has 20 heavy (non-hydrogen) atoms. The second-order valence-electron chi connectivity index (χ2n) is 4.76. The number of hydrogen-bond donors (Lipinski definition) is 1. The van der Waals surface area contributed by atoms with Gasteiger partial charge in [-0.15, -0.1) is 22.7 Å². The van der Waals surface area contributed by atoms with E-state index in [4.69, 9.17) is 5.11 Å². The molecule has 0 aliphatic carbocycles. The quantitative estimate of drug-likeness (QED) is 0.852. The van der Waals surface area contributed by atoms with Crippen molar-refractivity contribution < 1.29 is 9.90 Å². The van der Waals surface area contributed by atoms with Crippen molar-refractivity contribution in [2.24, 2.45) is 0 Å². The first-order valence-corrected chi connectivity index (χ1v) is 8.23. The molecule has 2 aromatic heterocycles. The van der Waals surface area contributed by atoms with Crippen LogP contribution in [0.1, 0.15) is 23.9 Å². The number of carboxylic acids is 1. The maximum Gasteiger partial charge on any atom is 0.303 e. The standard InChI is InChI=1S/C14H18N2O2S2/c1-10(8-12-4-3-7-19-12)16(2)14-15-11(9-20-14)5-6-13(17)18/h3-4,7,9-10H,5-6,8H2,1-2H3,(H,17,18). The maximum absolute atomic E-state index is 10.6. The van der Waals surface area contributed by atoms with E-state index in [-0.39, 0.29) is 6.42 Å². The van der Waals surface area contributed by atoms with E-state index in [1.807, 2.05) is 12.4 Å². The molecule has 0 amide bonds. The summed E-state index contributed by atoms with van der Waals surface area (Å²) in [6.07, 6.45) is 1.63. The molecule has 2 aromatic rings. The summed E-state index contributed by atoms with van der Waals surface area (Å²) in [5.74, 6) is -0.779. The molecule has 1 atom stereocenters. The lowest BCUT2D eigenvalue weighted by Gasteiger charge is -2.23. The number of carboxylic acid groups (broad SMARTS) is 1. The number of anilines is 1. The van der Waals surface area contributed by atoms with Crippen LogP contribution < -0.4 is 4.90 Å². The fourth-order valence-corrected chi connectivity index (χ4v) is 3.61. The van der Waals surface area contributed by atoms with Gasteiger partial charge in [-0.1, -0.05) is 6.07 Å². The molecule has 0 saturated carbocycles. The Morgan fingerprint density at radius 2 is 2.30 bits per heavy atom. The summed E-state index contributed by atoms with van der Waals surface area (Å²) in [5.41, 5.74) is 0.863. The van der Waals surface area contributed by atoms with Crippen molar-refractivity contribution in [2.45, 2.75) is 32.2 Å². The first kappa shape index (κ1) is 15.0. The molecule has 0 aliphatic heterocycles. The van der Waals surface area contributed by atoms with Crippen molar-refractivity contribution in [3.05, 3.63) is 33.5 Å². The summed E-state index contributed by atoms with van der Waals surface area (Å²) in [6.45, 7) is 2.18. The van der Waals surface area contributed by atoms with Crippen LogP contribution in [0.25, 0.3) is 0 Å². The SMILES string of the molecule is CC(Cc1cccs1)N(C)c1nc(CCC(=O)O)cs1. The van der Waals surface area contributed by atoms with Crippen LogP contribution in [0.4, 0.5) is 5.13 Å². The molecule has 1 N–H and O–H groups in total. The van der Waals surface area contributed by atoms with Gasteiger partial charge in [-0.05, 0) is 18.4 Å². The molecule has 2 rings (SSSR count). The fraction of sp³-hybridized carbons (Fsp3) is 0.429. The summed E-state index contributed by atoms with van der Waals surface area (Å²) in [6, 6.07) is 4.59. The molecular formula is C14H18N2O2S2. The second kappa shape index (κ2) is 6.85. The van der Waals surface area contributed by atoms with Crippen LogP contribution in [-0.4, -0.2) is 29.1 Å². The van der Waals surface area contributed by atoms with Crippen molar-refractivity contribution in [1.29, 1.82) is 0 Å². The third-order valence-corrected chi connectivity index (χ3v) is 5.05. The van der Waals surface area contributed by atoms with Gasteiger partial charge in [-0.25, -0.2) is 4.98 Å². The topological polar surface area (TPSA) is 53.4 Å². The van der Waals surface area contributed by atoms with Crippen LogP contribution >= 0.6 is 22.7 Å². The Kier molecular flexibility index (Phi) is 5.14.